The summed E-state index contributed by atoms with van der Waals surface area (Å²) in [6.45, 7) is 5.60. The van der Waals surface area contributed by atoms with Crippen LogP contribution in [0.1, 0.15) is 30.0 Å². The Morgan fingerprint density at radius 2 is 1.24 bits per heavy atom. The molecule has 1 aliphatic carbocycles. The number of rotatable bonds is 6. The Kier molecular flexibility index (Phi) is 8.56. The van der Waals surface area contributed by atoms with Gasteiger partial charge in [-0.2, -0.15) is 0 Å². The zero-order chi connectivity index (χ0) is 27.0. The number of hydrogen-bond acceptors (Lipinski definition) is 4. The van der Waals surface area contributed by atoms with Gasteiger partial charge in [-0.3, -0.25) is 9.69 Å². The lowest BCUT2D eigenvalue weighted by Crippen LogP contribution is -2.55. The third-order valence-corrected chi connectivity index (χ3v) is 7.25. The largest absolute Gasteiger partial charge is 0.481 e. The Morgan fingerprint density at radius 3 is 1.63 bits per heavy atom. The van der Waals surface area contributed by atoms with Gasteiger partial charge < -0.3 is 15.5 Å². The minimum Gasteiger partial charge on any atom is -0.481 e. The second kappa shape index (κ2) is 12.0. The van der Waals surface area contributed by atoms with Crippen LogP contribution in [0.25, 0.3) is 0 Å². The first-order valence-electron chi connectivity index (χ1n) is 12.9. The van der Waals surface area contributed by atoms with Gasteiger partial charge in [0.2, 0.25) is 0 Å². The Hall–Kier alpha value is -4.00. The molecule has 196 valence electrons. The molecule has 38 heavy (non-hydrogen) atoms. The second-order valence-corrected chi connectivity index (χ2v) is 9.80. The fraction of sp³-hybridized carbons (Fsp3) is 0.250. The van der Waals surface area contributed by atoms with Gasteiger partial charge in [0, 0.05) is 31.8 Å². The molecule has 1 aliphatic heterocycles. The summed E-state index contributed by atoms with van der Waals surface area (Å²) < 4.78 is 0. The molecular weight excluding hydrogens is 476 g/mol. The smallest absolute Gasteiger partial charge is 0.331 e. The van der Waals surface area contributed by atoms with Gasteiger partial charge in [0.25, 0.3) is 0 Å². The van der Waals surface area contributed by atoms with Crippen LogP contribution in [0.5, 0.6) is 0 Å². The predicted octanol–water partition coefficient (Wildman–Crippen LogP) is 4.93. The van der Waals surface area contributed by atoms with E-state index in [-0.39, 0.29) is 17.5 Å². The van der Waals surface area contributed by atoms with Crippen molar-refractivity contribution in [3.63, 3.8) is 0 Å². The number of allylic oxidation sites excluding steroid dienone is 2. The Labute approximate surface area is 223 Å². The molecule has 6 heteroatoms. The maximum atomic E-state index is 10.8. The van der Waals surface area contributed by atoms with E-state index in [1.807, 2.05) is 0 Å². The van der Waals surface area contributed by atoms with Gasteiger partial charge in [0.05, 0.1) is 11.0 Å². The van der Waals surface area contributed by atoms with Crippen molar-refractivity contribution in [3.05, 3.63) is 131 Å². The number of nitrogens with one attached hydrogen (secondary N) is 1. The molecule has 6 nitrogen and oxygen atoms in total. The highest BCUT2D eigenvalue weighted by molar-refractivity contribution is 5.90. The summed E-state index contributed by atoms with van der Waals surface area (Å²) in [4.78, 5) is 24.0. The lowest BCUT2D eigenvalue weighted by molar-refractivity contribution is -0.145. The summed E-state index contributed by atoms with van der Waals surface area (Å²) in [7, 11) is 0. The van der Waals surface area contributed by atoms with Crippen molar-refractivity contribution in [1.29, 1.82) is 0 Å². The predicted molar refractivity (Wildman–Crippen MR) is 149 cm³/mol. The molecule has 0 amide bonds. The first-order chi connectivity index (χ1) is 18.4. The van der Waals surface area contributed by atoms with Crippen molar-refractivity contribution in [1.82, 2.24) is 10.2 Å². The highest BCUT2D eigenvalue weighted by Gasteiger charge is 2.42. The molecular formula is C32H34N2O4. The maximum Gasteiger partial charge on any atom is 0.331 e. The standard InChI is InChI=1S/C23H24N2.C9H10O4/c1-4-10-20(11-5-1)23(21-12-6-2-7-13-21,22-14-8-3-9-15-22)25-18-16-24-17-19-25;1-9(8(12)13)4-2-3-6(5-9)7(10)11/h1-15,24H,16-19H2;2-4H,5H2,1H3,(H,10,11)(H,12,13)/t;9-/m.1/s1. The summed E-state index contributed by atoms with van der Waals surface area (Å²) >= 11 is 0. The molecule has 1 saturated heterocycles. The third-order valence-electron chi connectivity index (χ3n) is 7.25. The second-order valence-electron chi connectivity index (χ2n) is 9.80. The summed E-state index contributed by atoms with van der Waals surface area (Å²) in [6, 6.07) is 32.8. The number of aliphatic carboxylic acids is 2. The van der Waals surface area contributed by atoms with E-state index in [9.17, 15) is 9.59 Å². The van der Waals surface area contributed by atoms with E-state index in [1.165, 1.54) is 41.8 Å². The van der Waals surface area contributed by atoms with Gasteiger partial charge in [-0.1, -0.05) is 109 Å². The summed E-state index contributed by atoms with van der Waals surface area (Å²) in [6.07, 6.45) is 4.43. The van der Waals surface area contributed by atoms with Crippen LogP contribution in [0.4, 0.5) is 0 Å². The molecule has 0 radical (unpaired) electrons. The van der Waals surface area contributed by atoms with Crippen molar-refractivity contribution in [2.75, 3.05) is 26.2 Å². The van der Waals surface area contributed by atoms with Crippen LogP contribution in [-0.4, -0.2) is 53.2 Å². The number of piperazine rings is 1. The minimum atomic E-state index is -1.08. The van der Waals surface area contributed by atoms with Gasteiger partial charge >= 0.3 is 11.9 Å². The van der Waals surface area contributed by atoms with E-state index >= 15 is 0 Å². The maximum absolute atomic E-state index is 10.8. The molecule has 3 aromatic carbocycles. The number of benzene rings is 3. The summed E-state index contributed by atoms with van der Waals surface area (Å²) in [5, 5.41) is 21.0. The topological polar surface area (TPSA) is 89.9 Å². The quantitative estimate of drug-likeness (QED) is 0.408. The molecule has 0 saturated carbocycles. The van der Waals surface area contributed by atoms with Gasteiger partial charge in [0.15, 0.2) is 0 Å². The fourth-order valence-corrected chi connectivity index (χ4v) is 5.27. The average molecular weight is 511 g/mol. The molecule has 1 heterocycles. The molecule has 3 aromatic rings. The molecule has 0 aromatic heterocycles. The van der Waals surface area contributed by atoms with Crippen LogP contribution in [0.3, 0.4) is 0 Å². The van der Waals surface area contributed by atoms with E-state index in [2.05, 4.69) is 101 Å². The Balaban J connectivity index is 0.000000219. The van der Waals surface area contributed by atoms with E-state index < -0.39 is 17.4 Å². The van der Waals surface area contributed by atoms with E-state index in [0.717, 1.165) is 26.2 Å². The monoisotopic (exact) mass is 510 g/mol. The molecule has 0 bridgehead atoms. The van der Waals surface area contributed by atoms with Crippen LogP contribution in [0.2, 0.25) is 0 Å². The lowest BCUT2D eigenvalue weighted by Gasteiger charge is -2.47. The van der Waals surface area contributed by atoms with Gasteiger partial charge in [-0.05, 0) is 30.0 Å². The third kappa shape index (κ3) is 5.62. The van der Waals surface area contributed by atoms with Crippen molar-refractivity contribution in [2.45, 2.75) is 18.9 Å². The zero-order valence-corrected chi connectivity index (χ0v) is 21.6. The molecule has 2 aliphatic rings. The van der Waals surface area contributed by atoms with Crippen molar-refractivity contribution < 1.29 is 19.8 Å². The van der Waals surface area contributed by atoms with Crippen LogP contribution >= 0.6 is 0 Å². The first kappa shape index (κ1) is 27.0. The van der Waals surface area contributed by atoms with Crippen LogP contribution in [0, 0.1) is 5.41 Å². The minimum absolute atomic E-state index is 0.0359. The number of carboxylic acids is 2. The van der Waals surface area contributed by atoms with E-state index in [0.29, 0.717) is 0 Å². The SMILES string of the molecule is C[C@@]1(C(=O)O)C=CC=C(C(=O)O)C1.c1ccc(C(c2ccccc2)(c2ccccc2)N2CCNCC2)cc1. The van der Waals surface area contributed by atoms with Crippen LogP contribution < -0.4 is 5.32 Å². The van der Waals surface area contributed by atoms with Gasteiger partial charge in [-0.15, -0.1) is 0 Å². The summed E-state index contributed by atoms with van der Waals surface area (Å²) in [5.74, 6) is -2.06. The lowest BCUT2D eigenvalue weighted by atomic mass is 9.75. The molecule has 0 unspecified atom stereocenters. The number of carboxylic acid groups (broad SMARTS) is 2. The number of carbonyl (C=O) groups is 2. The first-order valence-corrected chi connectivity index (χ1v) is 12.9. The molecule has 5 rings (SSSR count). The van der Waals surface area contributed by atoms with Crippen molar-refractivity contribution in [3.8, 4) is 0 Å². The molecule has 0 spiro atoms. The van der Waals surface area contributed by atoms with Gasteiger partial charge in [-0.25, -0.2) is 4.79 Å². The number of hydrogen-bond donors (Lipinski definition) is 3. The Bertz CT molecular complexity index is 1190. The molecule has 1 atom stereocenters. The van der Waals surface area contributed by atoms with Gasteiger partial charge in [0.1, 0.15) is 0 Å². The average Bonchev–Trinajstić information content (AvgIpc) is 2.96. The van der Waals surface area contributed by atoms with Crippen LogP contribution in [-0.2, 0) is 15.1 Å². The highest BCUT2D eigenvalue weighted by Crippen LogP contribution is 2.42. The van der Waals surface area contributed by atoms with Crippen molar-refractivity contribution >= 4 is 11.9 Å². The van der Waals surface area contributed by atoms with Crippen LogP contribution in [0.15, 0.2) is 115 Å². The zero-order valence-electron chi connectivity index (χ0n) is 21.6. The molecule has 3 N–H and O–H groups in total. The Morgan fingerprint density at radius 1 is 0.789 bits per heavy atom. The number of nitrogens with zero attached hydrogens (tertiary/aromatic N) is 1. The normalized spacial score (nSPS) is 19.6. The van der Waals surface area contributed by atoms with E-state index in [1.54, 1.807) is 0 Å². The van der Waals surface area contributed by atoms with Crippen molar-refractivity contribution in [2.24, 2.45) is 5.41 Å². The summed E-state index contributed by atoms with van der Waals surface area (Å²) in [5.41, 5.74) is 2.78. The fourth-order valence-electron chi connectivity index (χ4n) is 5.27. The van der Waals surface area contributed by atoms with E-state index in [4.69, 9.17) is 10.2 Å². The highest BCUT2D eigenvalue weighted by atomic mass is 16.4. The molecule has 1 fully saturated rings.